The molecule has 1 aliphatic carbocycles. The molecule has 0 aromatic heterocycles. The summed E-state index contributed by atoms with van der Waals surface area (Å²) in [6.45, 7) is 1.29. The van der Waals surface area contributed by atoms with E-state index >= 15 is 0 Å². The Morgan fingerprint density at radius 1 is 1.05 bits per heavy atom. The molecule has 40 heavy (non-hydrogen) atoms. The van der Waals surface area contributed by atoms with E-state index in [-0.39, 0.29) is 48.8 Å². The summed E-state index contributed by atoms with van der Waals surface area (Å²) in [5.74, 6) is -2.08. The van der Waals surface area contributed by atoms with Gasteiger partial charge in [-0.3, -0.25) is 29.4 Å². The number of carbonyl (C=O) groups is 5. The van der Waals surface area contributed by atoms with Crippen molar-refractivity contribution in [2.45, 2.75) is 56.9 Å². The van der Waals surface area contributed by atoms with Crippen LogP contribution in [0.1, 0.15) is 58.4 Å². The van der Waals surface area contributed by atoms with E-state index in [2.05, 4.69) is 10.6 Å². The molecule has 2 aliphatic heterocycles. The second-order valence-electron chi connectivity index (χ2n) is 10.3. The van der Waals surface area contributed by atoms with Crippen molar-refractivity contribution in [1.82, 2.24) is 15.1 Å². The highest BCUT2D eigenvalue weighted by atomic mass is 16.6. The molecular formula is C29H32N4O7. The summed E-state index contributed by atoms with van der Waals surface area (Å²) >= 11 is 0. The van der Waals surface area contributed by atoms with Gasteiger partial charge in [0, 0.05) is 38.3 Å². The zero-order valence-electron chi connectivity index (χ0n) is 22.3. The predicted octanol–water partition coefficient (Wildman–Crippen LogP) is 2.71. The third-order valence-electron chi connectivity index (χ3n) is 7.41. The molecule has 11 heteroatoms. The van der Waals surface area contributed by atoms with Gasteiger partial charge in [-0.1, -0.05) is 30.3 Å². The van der Waals surface area contributed by atoms with Crippen LogP contribution in [0.4, 0.5) is 10.5 Å². The Kier molecular flexibility index (Phi) is 8.11. The van der Waals surface area contributed by atoms with E-state index < -0.39 is 29.7 Å². The number of nitrogens with one attached hydrogen (secondary N) is 2. The summed E-state index contributed by atoms with van der Waals surface area (Å²) in [5.41, 5.74) is 2.15. The zero-order valence-corrected chi connectivity index (χ0v) is 22.3. The maximum atomic E-state index is 13.0. The molecule has 1 unspecified atom stereocenters. The number of carbonyl (C=O) groups excluding carboxylic acids is 5. The Morgan fingerprint density at radius 3 is 2.55 bits per heavy atom. The molecule has 3 aliphatic rings. The van der Waals surface area contributed by atoms with Gasteiger partial charge in [0.1, 0.15) is 12.6 Å². The van der Waals surface area contributed by atoms with E-state index in [0.29, 0.717) is 25.3 Å². The van der Waals surface area contributed by atoms with Crippen molar-refractivity contribution in [3.05, 3.63) is 65.2 Å². The number of benzene rings is 2. The van der Waals surface area contributed by atoms with Crippen LogP contribution < -0.4 is 10.6 Å². The van der Waals surface area contributed by atoms with Crippen LogP contribution in [0.2, 0.25) is 0 Å². The van der Waals surface area contributed by atoms with Gasteiger partial charge in [0.15, 0.2) is 0 Å². The Balaban J connectivity index is 1.02. The van der Waals surface area contributed by atoms with Crippen LogP contribution in [-0.4, -0.2) is 77.9 Å². The van der Waals surface area contributed by atoms with Gasteiger partial charge in [-0.05, 0) is 49.4 Å². The molecule has 0 radical (unpaired) electrons. The predicted molar refractivity (Wildman–Crippen MR) is 143 cm³/mol. The molecule has 11 nitrogen and oxygen atoms in total. The Hall–Kier alpha value is -4.25. The van der Waals surface area contributed by atoms with Gasteiger partial charge in [-0.2, -0.15) is 0 Å². The molecule has 2 N–H and O–H groups in total. The first-order valence-corrected chi connectivity index (χ1v) is 13.5. The molecule has 2 aromatic carbocycles. The van der Waals surface area contributed by atoms with Crippen molar-refractivity contribution in [1.29, 1.82) is 0 Å². The van der Waals surface area contributed by atoms with Gasteiger partial charge < -0.3 is 19.7 Å². The largest absolute Gasteiger partial charge is 0.445 e. The van der Waals surface area contributed by atoms with Crippen molar-refractivity contribution >= 4 is 35.4 Å². The fraction of sp³-hybridized carbons (Fsp3) is 0.414. The van der Waals surface area contributed by atoms with E-state index in [0.717, 1.165) is 23.3 Å². The standard InChI is InChI=1S/C29H32N4O7/c1-32(29(38)40-17-18-6-3-2-4-7-18)12-5-13-39-21-14-20(15-21)30-19-8-9-22-23(16-19)28(37)33(27(22)36)24-10-11-25(34)31-26(24)35/h2-4,6-9,16,20-21,24,30H,5,10-15,17H2,1H3,(H,31,34,35)/t20-,21-,24?. The fourth-order valence-corrected chi connectivity index (χ4v) is 5.09. The van der Waals surface area contributed by atoms with Crippen molar-refractivity contribution < 1.29 is 33.4 Å². The highest BCUT2D eigenvalue weighted by Crippen LogP contribution is 2.32. The highest BCUT2D eigenvalue weighted by molar-refractivity contribution is 6.23. The lowest BCUT2D eigenvalue weighted by atomic mass is 9.89. The minimum absolute atomic E-state index is 0.0829. The first-order valence-electron chi connectivity index (χ1n) is 13.5. The van der Waals surface area contributed by atoms with Crippen LogP contribution in [0.15, 0.2) is 48.5 Å². The van der Waals surface area contributed by atoms with Crippen molar-refractivity contribution in [3.63, 3.8) is 0 Å². The van der Waals surface area contributed by atoms with E-state index in [1.54, 1.807) is 30.1 Å². The molecule has 5 rings (SSSR count). The van der Waals surface area contributed by atoms with Crippen LogP contribution >= 0.6 is 0 Å². The van der Waals surface area contributed by atoms with Gasteiger partial charge in [0.25, 0.3) is 11.8 Å². The fourth-order valence-electron chi connectivity index (χ4n) is 5.09. The first kappa shape index (κ1) is 27.3. The lowest BCUT2D eigenvalue weighted by molar-refractivity contribution is -0.136. The summed E-state index contributed by atoms with van der Waals surface area (Å²) in [6.07, 6.45) is 2.22. The number of amides is 5. The molecule has 1 saturated carbocycles. The molecule has 1 atom stereocenters. The normalized spacial score (nSPS) is 21.9. The van der Waals surface area contributed by atoms with E-state index in [1.165, 1.54) is 0 Å². The van der Waals surface area contributed by atoms with E-state index in [4.69, 9.17) is 9.47 Å². The number of fused-ring (bicyclic) bond motifs is 1. The molecule has 0 bridgehead atoms. The molecular weight excluding hydrogens is 516 g/mol. The van der Waals surface area contributed by atoms with Crippen LogP contribution in [0.5, 0.6) is 0 Å². The summed E-state index contributed by atoms with van der Waals surface area (Å²) in [5, 5.41) is 5.58. The molecule has 1 saturated heterocycles. The van der Waals surface area contributed by atoms with Gasteiger partial charge in [0.2, 0.25) is 11.8 Å². The average Bonchev–Trinajstić information content (AvgIpc) is 3.17. The SMILES string of the molecule is CN(CCCO[C@H]1C[C@H](Nc2ccc3c(c2)C(=O)N(C2CCC(=O)NC2=O)C3=O)C1)C(=O)OCc1ccccc1. The zero-order chi connectivity index (χ0) is 28.2. The van der Waals surface area contributed by atoms with E-state index in [9.17, 15) is 24.0 Å². The summed E-state index contributed by atoms with van der Waals surface area (Å²) in [6, 6.07) is 13.7. The second-order valence-corrected chi connectivity index (χ2v) is 10.3. The third-order valence-corrected chi connectivity index (χ3v) is 7.41. The number of rotatable bonds is 10. The van der Waals surface area contributed by atoms with Crippen LogP contribution in [0.25, 0.3) is 0 Å². The monoisotopic (exact) mass is 548 g/mol. The molecule has 2 heterocycles. The number of anilines is 1. The number of piperidine rings is 1. The Morgan fingerprint density at radius 2 is 1.80 bits per heavy atom. The average molecular weight is 549 g/mol. The van der Waals surface area contributed by atoms with Gasteiger partial charge in [-0.25, -0.2) is 4.79 Å². The molecule has 2 fully saturated rings. The molecule has 2 aromatic rings. The van der Waals surface area contributed by atoms with Crippen molar-refractivity contribution in [2.24, 2.45) is 0 Å². The minimum Gasteiger partial charge on any atom is -0.445 e. The number of imide groups is 2. The summed E-state index contributed by atoms with van der Waals surface area (Å²) in [4.78, 5) is 64.2. The maximum Gasteiger partial charge on any atom is 0.409 e. The van der Waals surface area contributed by atoms with Crippen molar-refractivity contribution in [3.8, 4) is 0 Å². The number of hydrogen-bond acceptors (Lipinski definition) is 8. The number of hydrogen-bond donors (Lipinski definition) is 2. The summed E-state index contributed by atoms with van der Waals surface area (Å²) < 4.78 is 11.2. The number of nitrogens with zero attached hydrogens (tertiary/aromatic N) is 2. The van der Waals surface area contributed by atoms with Gasteiger partial charge >= 0.3 is 6.09 Å². The molecule has 210 valence electrons. The van der Waals surface area contributed by atoms with Gasteiger partial charge in [-0.15, -0.1) is 0 Å². The lowest BCUT2D eigenvalue weighted by Gasteiger charge is -2.36. The Labute approximate surface area is 231 Å². The molecule has 5 amide bonds. The smallest absolute Gasteiger partial charge is 0.409 e. The maximum absolute atomic E-state index is 13.0. The first-order chi connectivity index (χ1) is 19.3. The topological polar surface area (TPSA) is 134 Å². The lowest BCUT2D eigenvalue weighted by Crippen LogP contribution is -2.54. The minimum atomic E-state index is -0.981. The van der Waals surface area contributed by atoms with E-state index in [1.807, 2.05) is 30.3 Å². The second kappa shape index (κ2) is 11.9. The molecule has 0 spiro atoms. The van der Waals surface area contributed by atoms with Gasteiger partial charge in [0.05, 0.1) is 17.2 Å². The third kappa shape index (κ3) is 5.99. The van der Waals surface area contributed by atoms with Crippen LogP contribution in [0, 0.1) is 0 Å². The highest BCUT2D eigenvalue weighted by Gasteiger charge is 2.44. The quantitative estimate of drug-likeness (QED) is 0.342. The Bertz CT molecular complexity index is 1310. The number of ether oxygens (including phenoxy) is 2. The van der Waals surface area contributed by atoms with Crippen LogP contribution in [-0.2, 0) is 25.7 Å². The van der Waals surface area contributed by atoms with Crippen LogP contribution in [0.3, 0.4) is 0 Å². The van der Waals surface area contributed by atoms with Crippen molar-refractivity contribution in [2.75, 3.05) is 25.5 Å². The summed E-state index contributed by atoms with van der Waals surface area (Å²) in [7, 11) is 1.70.